The molecule has 0 radical (unpaired) electrons. The highest BCUT2D eigenvalue weighted by atomic mass is 35.5. The van der Waals surface area contributed by atoms with Gasteiger partial charge in [-0.25, -0.2) is 0 Å². The van der Waals surface area contributed by atoms with Gasteiger partial charge in [0.1, 0.15) is 0 Å². The van der Waals surface area contributed by atoms with Crippen molar-refractivity contribution >= 4 is 17.4 Å². The molecule has 0 unspecified atom stereocenters. The van der Waals surface area contributed by atoms with Gasteiger partial charge in [-0.3, -0.25) is 4.68 Å². The Morgan fingerprint density at radius 1 is 1.26 bits per heavy atom. The van der Waals surface area contributed by atoms with Crippen LogP contribution in [-0.2, 0) is 20.0 Å². The van der Waals surface area contributed by atoms with Crippen LogP contribution in [0.15, 0.2) is 6.20 Å². The minimum Gasteiger partial charge on any atom is -0.364 e. The van der Waals surface area contributed by atoms with Crippen LogP contribution in [0.1, 0.15) is 29.3 Å². The summed E-state index contributed by atoms with van der Waals surface area (Å²) in [6, 6.07) is 0. The van der Waals surface area contributed by atoms with Gasteiger partial charge in [0.25, 0.3) is 0 Å². The number of aromatic nitrogens is 4. The van der Waals surface area contributed by atoms with Crippen molar-refractivity contribution in [3.05, 3.63) is 33.7 Å². The molecule has 0 saturated heterocycles. The first kappa shape index (κ1) is 13.8. The smallest absolute Gasteiger partial charge is 0.155 e. The largest absolute Gasteiger partial charge is 0.364 e. The van der Waals surface area contributed by atoms with Crippen molar-refractivity contribution in [2.24, 2.45) is 7.05 Å². The van der Waals surface area contributed by atoms with E-state index in [1.54, 1.807) is 0 Å². The lowest BCUT2D eigenvalue weighted by Gasteiger charge is -2.10. The minimum absolute atomic E-state index is 0.457. The first-order valence-corrected chi connectivity index (χ1v) is 6.65. The van der Waals surface area contributed by atoms with Crippen LogP contribution in [0.25, 0.3) is 0 Å². The van der Waals surface area contributed by atoms with Crippen molar-refractivity contribution in [1.82, 2.24) is 20.0 Å². The van der Waals surface area contributed by atoms with E-state index in [0.29, 0.717) is 11.7 Å². The van der Waals surface area contributed by atoms with Gasteiger partial charge in [0, 0.05) is 25.4 Å². The summed E-state index contributed by atoms with van der Waals surface area (Å²) < 4.78 is 1.83. The number of anilines is 1. The van der Waals surface area contributed by atoms with E-state index in [-0.39, 0.29) is 0 Å². The van der Waals surface area contributed by atoms with E-state index >= 15 is 0 Å². The topological polar surface area (TPSA) is 55.6 Å². The predicted octanol–water partition coefficient (Wildman–Crippen LogP) is 2.65. The van der Waals surface area contributed by atoms with Gasteiger partial charge in [0.2, 0.25) is 0 Å². The monoisotopic (exact) mass is 279 g/mol. The maximum Gasteiger partial charge on any atom is 0.155 e. The zero-order chi connectivity index (χ0) is 14.0. The first-order chi connectivity index (χ1) is 9.02. The highest BCUT2D eigenvalue weighted by molar-refractivity contribution is 6.30. The third kappa shape index (κ3) is 2.87. The Kier molecular flexibility index (Phi) is 4.04. The SMILES string of the molecule is CCc1nn(C)cc1CNc1nnc(Cl)c(C)c1C. The average molecular weight is 280 g/mol. The second-order valence-electron chi connectivity index (χ2n) is 4.57. The third-order valence-corrected chi connectivity index (χ3v) is 3.60. The molecule has 0 aromatic carbocycles. The molecule has 0 bridgehead atoms. The van der Waals surface area contributed by atoms with Crippen molar-refractivity contribution in [1.29, 1.82) is 0 Å². The second kappa shape index (κ2) is 5.57. The molecule has 0 atom stereocenters. The normalized spacial score (nSPS) is 10.8. The Bertz CT molecular complexity index is 591. The average Bonchev–Trinajstić information content (AvgIpc) is 2.75. The molecule has 0 amide bonds. The molecular weight excluding hydrogens is 262 g/mol. The Labute approximate surface area is 118 Å². The van der Waals surface area contributed by atoms with Crippen LogP contribution in [0.3, 0.4) is 0 Å². The molecule has 102 valence electrons. The van der Waals surface area contributed by atoms with Gasteiger partial charge < -0.3 is 5.32 Å². The Morgan fingerprint density at radius 2 is 2.00 bits per heavy atom. The number of aryl methyl sites for hydroxylation is 2. The van der Waals surface area contributed by atoms with Gasteiger partial charge in [0.15, 0.2) is 11.0 Å². The molecule has 0 saturated carbocycles. The lowest BCUT2D eigenvalue weighted by molar-refractivity contribution is 0.746. The maximum absolute atomic E-state index is 5.94. The summed E-state index contributed by atoms with van der Waals surface area (Å²) in [6.45, 7) is 6.72. The summed E-state index contributed by atoms with van der Waals surface area (Å²) in [6.07, 6.45) is 2.94. The number of hydrogen-bond acceptors (Lipinski definition) is 4. The van der Waals surface area contributed by atoms with Crippen molar-refractivity contribution in [3.63, 3.8) is 0 Å². The molecular formula is C13H18ClN5. The van der Waals surface area contributed by atoms with Gasteiger partial charge in [-0.2, -0.15) is 5.10 Å². The molecule has 6 heteroatoms. The molecule has 0 aliphatic heterocycles. The summed E-state index contributed by atoms with van der Waals surface area (Å²) in [5, 5.41) is 16.2. The zero-order valence-electron chi connectivity index (χ0n) is 11.7. The molecule has 0 fully saturated rings. The molecule has 5 nitrogen and oxygen atoms in total. The quantitative estimate of drug-likeness (QED) is 0.935. The van der Waals surface area contributed by atoms with Crippen molar-refractivity contribution in [2.75, 3.05) is 5.32 Å². The molecule has 2 heterocycles. The molecule has 1 N–H and O–H groups in total. The predicted molar refractivity (Wildman–Crippen MR) is 76.4 cm³/mol. The van der Waals surface area contributed by atoms with E-state index in [4.69, 9.17) is 11.6 Å². The molecule has 2 aromatic rings. The fraction of sp³-hybridized carbons (Fsp3) is 0.462. The van der Waals surface area contributed by atoms with Crippen LogP contribution in [0.4, 0.5) is 5.82 Å². The number of halogens is 1. The molecule has 19 heavy (non-hydrogen) atoms. The summed E-state index contributed by atoms with van der Waals surface area (Å²) >= 11 is 5.94. The highest BCUT2D eigenvalue weighted by Crippen LogP contribution is 2.21. The van der Waals surface area contributed by atoms with Gasteiger partial charge in [-0.05, 0) is 31.4 Å². The van der Waals surface area contributed by atoms with Crippen LogP contribution in [0.2, 0.25) is 5.15 Å². The Balaban J connectivity index is 2.17. The van der Waals surface area contributed by atoms with Crippen molar-refractivity contribution < 1.29 is 0 Å². The standard InChI is InChI=1S/C13H18ClN5/c1-5-11-10(7-19(4)18-11)6-15-13-9(3)8(2)12(14)16-17-13/h7H,5-6H2,1-4H3,(H,15,17). The van der Waals surface area contributed by atoms with E-state index in [1.165, 1.54) is 5.56 Å². The summed E-state index contributed by atoms with van der Waals surface area (Å²) in [5.41, 5.74) is 4.27. The van der Waals surface area contributed by atoms with Crippen molar-refractivity contribution in [2.45, 2.75) is 33.7 Å². The van der Waals surface area contributed by atoms with E-state index in [0.717, 1.165) is 29.1 Å². The Morgan fingerprint density at radius 3 is 2.68 bits per heavy atom. The fourth-order valence-corrected chi connectivity index (χ4v) is 2.13. The second-order valence-corrected chi connectivity index (χ2v) is 4.93. The van der Waals surface area contributed by atoms with E-state index < -0.39 is 0 Å². The van der Waals surface area contributed by atoms with Crippen LogP contribution in [0, 0.1) is 13.8 Å². The number of nitrogens with one attached hydrogen (secondary N) is 1. The maximum atomic E-state index is 5.94. The molecule has 0 spiro atoms. The lowest BCUT2D eigenvalue weighted by atomic mass is 10.2. The van der Waals surface area contributed by atoms with Gasteiger partial charge >= 0.3 is 0 Å². The van der Waals surface area contributed by atoms with Gasteiger partial charge in [0.05, 0.1) is 5.69 Å². The lowest BCUT2D eigenvalue weighted by Crippen LogP contribution is -2.06. The van der Waals surface area contributed by atoms with Crippen LogP contribution in [0.5, 0.6) is 0 Å². The summed E-state index contributed by atoms with van der Waals surface area (Å²) in [5.74, 6) is 0.771. The molecule has 0 aliphatic rings. The number of hydrogen-bond donors (Lipinski definition) is 1. The van der Waals surface area contributed by atoms with Crippen LogP contribution in [-0.4, -0.2) is 20.0 Å². The number of nitrogens with zero attached hydrogens (tertiary/aromatic N) is 4. The zero-order valence-corrected chi connectivity index (χ0v) is 12.4. The van der Waals surface area contributed by atoms with Crippen LogP contribution >= 0.6 is 11.6 Å². The van der Waals surface area contributed by atoms with Gasteiger partial charge in [-0.1, -0.05) is 18.5 Å². The molecule has 2 rings (SSSR count). The summed E-state index contributed by atoms with van der Waals surface area (Å²) in [4.78, 5) is 0. The fourth-order valence-electron chi connectivity index (χ4n) is 1.95. The van der Waals surface area contributed by atoms with Crippen molar-refractivity contribution in [3.8, 4) is 0 Å². The Hall–Kier alpha value is -1.62. The highest BCUT2D eigenvalue weighted by Gasteiger charge is 2.10. The van der Waals surface area contributed by atoms with Gasteiger partial charge in [-0.15, -0.1) is 10.2 Å². The molecule has 2 aromatic heterocycles. The number of rotatable bonds is 4. The van der Waals surface area contributed by atoms with E-state index in [2.05, 4.69) is 27.5 Å². The minimum atomic E-state index is 0.457. The molecule has 0 aliphatic carbocycles. The first-order valence-electron chi connectivity index (χ1n) is 6.27. The van der Waals surface area contributed by atoms with E-state index in [9.17, 15) is 0 Å². The summed E-state index contributed by atoms with van der Waals surface area (Å²) in [7, 11) is 1.93. The van der Waals surface area contributed by atoms with E-state index in [1.807, 2.05) is 31.8 Å². The third-order valence-electron chi connectivity index (χ3n) is 3.24. The van der Waals surface area contributed by atoms with Crippen LogP contribution < -0.4 is 5.32 Å².